The molecule has 2 nitrogen and oxygen atoms in total. The van der Waals surface area contributed by atoms with Crippen LogP contribution in [-0.4, -0.2) is 9.55 Å². The fourth-order valence-electron chi connectivity index (χ4n) is 4.00. The number of pyridine rings is 1. The zero-order valence-corrected chi connectivity index (χ0v) is 13.7. The van der Waals surface area contributed by atoms with E-state index in [9.17, 15) is 0 Å². The molecule has 2 heteroatoms. The molecule has 0 N–H and O–H groups in total. The maximum atomic E-state index is 5.09. The van der Waals surface area contributed by atoms with Gasteiger partial charge in [-0.1, -0.05) is 48.5 Å². The predicted octanol–water partition coefficient (Wildman–Crippen LogP) is 5.12. The Hall–Kier alpha value is -2.61. The third-order valence-electron chi connectivity index (χ3n) is 5.20. The molecule has 5 rings (SSSR count). The van der Waals surface area contributed by atoms with Gasteiger partial charge in [0.25, 0.3) is 0 Å². The molecule has 0 unspecified atom stereocenters. The number of nitrogens with zero attached hydrogens (tertiary/aromatic N) is 2. The van der Waals surface area contributed by atoms with Crippen LogP contribution in [0.25, 0.3) is 21.9 Å². The molecule has 0 atom stereocenters. The Kier molecular flexibility index (Phi) is 3.15. The summed E-state index contributed by atoms with van der Waals surface area (Å²) in [5.41, 5.74) is 7.83. The van der Waals surface area contributed by atoms with Crippen molar-refractivity contribution in [3.8, 4) is 0 Å². The number of hydrogen-bond donors (Lipinski definition) is 0. The normalized spacial score (nSPS) is 14.2. The fraction of sp³-hybridized carbons (Fsp3) is 0.227. The number of benzene rings is 2. The van der Waals surface area contributed by atoms with Crippen molar-refractivity contribution in [2.45, 2.75) is 32.2 Å². The van der Waals surface area contributed by atoms with Gasteiger partial charge in [-0.05, 0) is 48.9 Å². The molecule has 0 radical (unpaired) electrons. The second-order valence-corrected chi connectivity index (χ2v) is 6.76. The van der Waals surface area contributed by atoms with Gasteiger partial charge in [-0.2, -0.15) is 0 Å². The number of fused-ring (bicyclic) bond motifs is 4. The zero-order chi connectivity index (χ0) is 15.9. The third kappa shape index (κ3) is 2.14. The number of aromatic nitrogens is 2. The summed E-state index contributed by atoms with van der Waals surface area (Å²) in [5.74, 6) is 0. The van der Waals surface area contributed by atoms with E-state index in [1.165, 1.54) is 58.0 Å². The van der Waals surface area contributed by atoms with Gasteiger partial charge >= 0.3 is 0 Å². The fourth-order valence-corrected chi connectivity index (χ4v) is 4.00. The van der Waals surface area contributed by atoms with E-state index in [1.54, 1.807) is 0 Å². The lowest BCUT2D eigenvalue weighted by Gasteiger charge is -2.15. The maximum Gasteiger partial charge on any atom is 0.0963 e. The van der Waals surface area contributed by atoms with Crippen molar-refractivity contribution in [3.63, 3.8) is 0 Å². The predicted molar refractivity (Wildman–Crippen MR) is 99.4 cm³/mol. The van der Waals surface area contributed by atoms with Gasteiger partial charge in [-0.15, -0.1) is 0 Å². The van der Waals surface area contributed by atoms with Gasteiger partial charge in [0.15, 0.2) is 0 Å². The smallest absolute Gasteiger partial charge is 0.0963 e. The monoisotopic (exact) mass is 312 g/mol. The van der Waals surface area contributed by atoms with E-state index >= 15 is 0 Å². The SMILES string of the molecule is c1ccc(Cn2c3ccccc3c3nc4c(cc32)CCCC4)cc1. The molecule has 24 heavy (non-hydrogen) atoms. The average Bonchev–Trinajstić information content (AvgIpc) is 2.94. The Balaban J connectivity index is 1.79. The second-order valence-electron chi connectivity index (χ2n) is 6.76. The van der Waals surface area contributed by atoms with Crippen LogP contribution in [0.5, 0.6) is 0 Å². The van der Waals surface area contributed by atoms with Gasteiger partial charge in [0.1, 0.15) is 0 Å². The van der Waals surface area contributed by atoms with E-state index in [2.05, 4.69) is 65.2 Å². The van der Waals surface area contributed by atoms with E-state index in [0.717, 1.165) is 13.0 Å². The molecule has 118 valence electrons. The second kappa shape index (κ2) is 5.48. The molecule has 0 saturated carbocycles. The number of hydrogen-bond acceptors (Lipinski definition) is 1. The van der Waals surface area contributed by atoms with Crippen LogP contribution < -0.4 is 0 Å². The molecule has 2 aromatic carbocycles. The minimum absolute atomic E-state index is 0.894. The third-order valence-corrected chi connectivity index (χ3v) is 5.20. The Morgan fingerprint density at radius 1 is 0.833 bits per heavy atom. The van der Waals surface area contributed by atoms with Crippen LogP contribution in [0.2, 0.25) is 0 Å². The van der Waals surface area contributed by atoms with Crippen LogP contribution in [0.1, 0.15) is 29.7 Å². The molecule has 0 amide bonds. The van der Waals surface area contributed by atoms with Crippen molar-refractivity contribution in [2.75, 3.05) is 0 Å². The highest BCUT2D eigenvalue weighted by Gasteiger charge is 2.17. The molecular weight excluding hydrogens is 292 g/mol. The summed E-state index contributed by atoms with van der Waals surface area (Å²) in [6.07, 6.45) is 4.86. The molecule has 2 aromatic heterocycles. The molecule has 0 saturated heterocycles. The molecule has 0 aliphatic heterocycles. The average molecular weight is 312 g/mol. The van der Waals surface area contributed by atoms with Crippen molar-refractivity contribution in [3.05, 3.63) is 77.5 Å². The largest absolute Gasteiger partial charge is 0.335 e. The van der Waals surface area contributed by atoms with E-state index < -0.39 is 0 Å². The van der Waals surface area contributed by atoms with E-state index in [-0.39, 0.29) is 0 Å². The quantitative estimate of drug-likeness (QED) is 0.502. The van der Waals surface area contributed by atoms with Gasteiger partial charge < -0.3 is 4.57 Å². The van der Waals surface area contributed by atoms with Crippen molar-refractivity contribution in [1.82, 2.24) is 9.55 Å². The van der Waals surface area contributed by atoms with Crippen LogP contribution in [0.4, 0.5) is 0 Å². The highest BCUT2D eigenvalue weighted by atomic mass is 15.0. The summed E-state index contributed by atoms with van der Waals surface area (Å²) in [6, 6.07) is 21.8. The molecule has 0 spiro atoms. The summed E-state index contributed by atoms with van der Waals surface area (Å²) < 4.78 is 2.43. The van der Waals surface area contributed by atoms with Crippen molar-refractivity contribution in [2.24, 2.45) is 0 Å². The lowest BCUT2D eigenvalue weighted by atomic mass is 9.95. The van der Waals surface area contributed by atoms with Gasteiger partial charge in [-0.25, -0.2) is 0 Å². The first-order valence-corrected chi connectivity index (χ1v) is 8.84. The van der Waals surface area contributed by atoms with Crippen molar-refractivity contribution >= 4 is 21.9 Å². The molecular formula is C22H20N2. The van der Waals surface area contributed by atoms with Gasteiger partial charge in [0.2, 0.25) is 0 Å². The summed E-state index contributed by atoms with van der Waals surface area (Å²) in [6.45, 7) is 0.894. The van der Waals surface area contributed by atoms with Crippen LogP contribution in [-0.2, 0) is 19.4 Å². The summed E-state index contributed by atoms with van der Waals surface area (Å²) >= 11 is 0. The van der Waals surface area contributed by atoms with Crippen LogP contribution in [0.15, 0.2) is 60.7 Å². The van der Waals surface area contributed by atoms with Crippen LogP contribution in [0.3, 0.4) is 0 Å². The number of rotatable bonds is 2. The maximum absolute atomic E-state index is 5.09. The molecule has 2 heterocycles. The van der Waals surface area contributed by atoms with Gasteiger partial charge in [0, 0.05) is 17.6 Å². The van der Waals surface area contributed by atoms with Crippen molar-refractivity contribution in [1.29, 1.82) is 0 Å². The van der Waals surface area contributed by atoms with Crippen molar-refractivity contribution < 1.29 is 0 Å². The highest BCUT2D eigenvalue weighted by Crippen LogP contribution is 2.32. The first kappa shape index (κ1) is 13.8. The first-order valence-electron chi connectivity index (χ1n) is 8.84. The van der Waals surface area contributed by atoms with Crippen LogP contribution in [0, 0.1) is 0 Å². The summed E-state index contributed by atoms with van der Waals surface area (Å²) in [5, 5.41) is 1.27. The van der Waals surface area contributed by atoms with Gasteiger partial charge in [0.05, 0.1) is 16.6 Å². The Morgan fingerprint density at radius 2 is 1.62 bits per heavy atom. The molecule has 1 aliphatic carbocycles. The minimum Gasteiger partial charge on any atom is -0.335 e. The topological polar surface area (TPSA) is 17.8 Å². The lowest BCUT2D eigenvalue weighted by molar-refractivity contribution is 0.670. The Bertz CT molecular complexity index is 1030. The minimum atomic E-state index is 0.894. The van der Waals surface area contributed by atoms with E-state index in [0.29, 0.717) is 0 Å². The standard InChI is InChI=1S/C22H20N2/c1-2-8-16(9-3-1)15-24-20-13-7-5-11-18(20)22-21(24)14-17-10-4-6-12-19(17)23-22/h1-3,5,7-9,11,13-14H,4,6,10,12,15H2. The summed E-state index contributed by atoms with van der Waals surface area (Å²) in [4.78, 5) is 5.09. The molecule has 4 aromatic rings. The van der Waals surface area contributed by atoms with Gasteiger partial charge in [-0.3, -0.25) is 4.98 Å². The first-order chi connectivity index (χ1) is 11.9. The molecule has 1 aliphatic rings. The number of para-hydroxylation sites is 1. The molecule has 0 fully saturated rings. The molecule has 0 bridgehead atoms. The van der Waals surface area contributed by atoms with E-state index in [1.807, 2.05) is 0 Å². The van der Waals surface area contributed by atoms with Crippen LogP contribution >= 0.6 is 0 Å². The Labute approximate surface area is 141 Å². The summed E-state index contributed by atoms with van der Waals surface area (Å²) in [7, 11) is 0. The highest BCUT2D eigenvalue weighted by molar-refractivity contribution is 6.06. The lowest BCUT2D eigenvalue weighted by Crippen LogP contribution is -2.06. The zero-order valence-electron chi connectivity index (χ0n) is 13.7. The van der Waals surface area contributed by atoms with E-state index in [4.69, 9.17) is 4.98 Å². The Morgan fingerprint density at radius 3 is 2.54 bits per heavy atom. The number of aryl methyl sites for hydroxylation is 2.